The first kappa shape index (κ1) is 16.4. The molecule has 0 fully saturated rings. The van der Waals surface area contributed by atoms with E-state index < -0.39 is 17.4 Å². The van der Waals surface area contributed by atoms with E-state index in [0.717, 1.165) is 5.56 Å². The summed E-state index contributed by atoms with van der Waals surface area (Å²) >= 11 is 0. The van der Waals surface area contributed by atoms with Gasteiger partial charge in [-0.15, -0.1) is 0 Å². The van der Waals surface area contributed by atoms with Crippen molar-refractivity contribution in [2.24, 2.45) is 0 Å². The van der Waals surface area contributed by atoms with Crippen molar-refractivity contribution >= 4 is 23.2 Å². The number of carbonyl (C=O) groups is 2. The maximum Gasteiger partial charge on any atom is 0.339 e. The number of methoxy groups -OCH3 is 1. The number of rotatable bonds is 3. The van der Waals surface area contributed by atoms with Gasteiger partial charge in [-0.3, -0.25) is 14.0 Å². The second-order valence-corrected chi connectivity index (χ2v) is 5.40. The molecule has 0 saturated carbocycles. The van der Waals surface area contributed by atoms with Gasteiger partial charge in [-0.2, -0.15) is 0 Å². The van der Waals surface area contributed by atoms with Crippen LogP contribution in [0.15, 0.2) is 53.6 Å². The fourth-order valence-electron chi connectivity index (χ4n) is 2.40. The van der Waals surface area contributed by atoms with Crippen molar-refractivity contribution in [2.75, 3.05) is 12.4 Å². The summed E-state index contributed by atoms with van der Waals surface area (Å²) in [4.78, 5) is 40.9. The lowest BCUT2D eigenvalue weighted by atomic mass is 10.1. The van der Waals surface area contributed by atoms with Gasteiger partial charge in [-0.1, -0.05) is 12.1 Å². The zero-order valence-corrected chi connectivity index (χ0v) is 13.6. The van der Waals surface area contributed by atoms with Gasteiger partial charge in [0.2, 0.25) is 0 Å². The van der Waals surface area contributed by atoms with Gasteiger partial charge >= 0.3 is 5.97 Å². The van der Waals surface area contributed by atoms with Gasteiger partial charge in [0.1, 0.15) is 11.2 Å². The van der Waals surface area contributed by atoms with Crippen LogP contribution in [-0.4, -0.2) is 28.4 Å². The molecule has 0 saturated heterocycles. The van der Waals surface area contributed by atoms with Gasteiger partial charge in [0.15, 0.2) is 0 Å². The minimum Gasteiger partial charge on any atom is -0.465 e. The first-order valence-corrected chi connectivity index (χ1v) is 7.48. The van der Waals surface area contributed by atoms with Crippen LogP contribution in [0.2, 0.25) is 0 Å². The number of benzene rings is 1. The molecule has 7 nitrogen and oxygen atoms in total. The van der Waals surface area contributed by atoms with Gasteiger partial charge in [0.25, 0.3) is 11.5 Å². The summed E-state index contributed by atoms with van der Waals surface area (Å²) in [5, 5.41) is 2.57. The molecule has 1 N–H and O–H groups in total. The molecule has 0 bridgehead atoms. The monoisotopic (exact) mass is 337 g/mol. The van der Waals surface area contributed by atoms with Crippen LogP contribution in [0, 0.1) is 6.92 Å². The minimum atomic E-state index is -0.649. The number of aromatic nitrogens is 2. The fraction of sp³-hybridized carbons (Fsp3) is 0.111. The summed E-state index contributed by atoms with van der Waals surface area (Å²) in [6.45, 7) is 1.89. The summed E-state index contributed by atoms with van der Waals surface area (Å²) in [6, 6.07) is 9.89. The molecular weight excluding hydrogens is 322 g/mol. The number of amides is 1. The minimum absolute atomic E-state index is 0.124. The molecule has 0 radical (unpaired) electrons. The molecule has 126 valence electrons. The number of anilines is 1. The highest BCUT2D eigenvalue weighted by molar-refractivity contribution is 6.07. The third kappa shape index (κ3) is 3.12. The summed E-state index contributed by atoms with van der Waals surface area (Å²) in [5.41, 5.74) is 1.25. The number of pyridine rings is 1. The van der Waals surface area contributed by atoms with Gasteiger partial charge in [0.05, 0.1) is 18.4 Å². The van der Waals surface area contributed by atoms with Gasteiger partial charge in [0, 0.05) is 12.4 Å². The number of nitrogens with zero attached hydrogens (tertiary/aromatic N) is 2. The zero-order valence-electron chi connectivity index (χ0n) is 13.6. The molecule has 0 aliphatic rings. The quantitative estimate of drug-likeness (QED) is 0.739. The molecule has 2 aromatic heterocycles. The molecule has 25 heavy (non-hydrogen) atoms. The lowest BCUT2D eigenvalue weighted by Gasteiger charge is -2.10. The fourth-order valence-corrected chi connectivity index (χ4v) is 2.40. The highest BCUT2D eigenvalue weighted by atomic mass is 16.5. The van der Waals surface area contributed by atoms with E-state index in [-0.39, 0.29) is 16.8 Å². The number of ether oxygens (including phenoxy) is 1. The van der Waals surface area contributed by atoms with Gasteiger partial charge < -0.3 is 10.1 Å². The molecule has 1 aromatic carbocycles. The third-order valence-electron chi connectivity index (χ3n) is 3.69. The number of fused-ring (bicyclic) bond motifs is 1. The Balaban J connectivity index is 1.99. The second-order valence-electron chi connectivity index (χ2n) is 5.40. The van der Waals surface area contributed by atoms with E-state index in [1.165, 1.54) is 23.8 Å². The van der Waals surface area contributed by atoms with Crippen LogP contribution in [0.25, 0.3) is 5.65 Å². The third-order valence-corrected chi connectivity index (χ3v) is 3.69. The molecule has 1 amide bonds. The molecule has 3 aromatic rings. The van der Waals surface area contributed by atoms with Crippen molar-refractivity contribution in [3.8, 4) is 0 Å². The van der Waals surface area contributed by atoms with Crippen molar-refractivity contribution < 1.29 is 14.3 Å². The number of nitrogens with one attached hydrogen (secondary N) is 1. The highest BCUT2D eigenvalue weighted by Crippen LogP contribution is 2.16. The maximum atomic E-state index is 12.5. The number of aryl methyl sites for hydroxylation is 1. The van der Waals surface area contributed by atoms with Crippen molar-refractivity contribution in [1.29, 1.82) is 0 Å². The highest BCUT2D eigenvalue weighted by Gasteiger charge is 2.17. The summed E-state index contributed by atoms with van der Waals surface area (Å²) in [5.74, 6) is -1.23. The predicted octanol–water partition coefficient (Wildman–Crippen LogP) is 2.04. The van der Waals surface area contributed by atoms with E-state index in [0.29, 0.717) is 5.65 Å². The standard InChI is InChI=1S/C18H15N3O4/c1-11-7-8-21-15(9-11)19-10-13(17(21)23)16(22)20-14-6-4-3-5-12(14)18(24)25-2/h3-10H,1-2H3,(H,20,22). The molecule has 0 unspecified atom stereocenters. The Labute approximate surface area is 142 Å². The summed E-state index contributed by atoms with van der Waals surface area (Å²) < 4.78 is 5.99. The van der Waals surface area contributed by atoms with E-state index in [1.54, 1.807) is 36.5 Å². The Morgan fingerprint density at radius 2 is 1.92 bits per heavy atom. The first-order chi connectivity index (χ1) is 12.0. The summed E-state index contributed by atoms with van der Waals surface area (Å²) in [7, 11) is 1.25. The number of carbonyl (C=O) groups excluding carboxylic acids is 2. The van der Waals surface area contributed by atoms with Crippen LogP contribution in [0.4, 0.5) is 5.69 Å². The van der Waals surface area contributed by atoms with E-state index >= 15 is 0 Å². The Morgan fingerprint density at radius 1 is 1.16 bits per heavy atom. The predicted molar refractivity (Wildman–Crippen MR) is 91.9 cm³/mol. The SMILES string of the molecule is COC(=O)c1ccccc1NC(=O)c1cnc2cc(C)ccn2c1=O. The smallest absolute Gasteiger partial charge is 0.339 e. The Bertz CT molecular complexity index is 1040. The van der Waals surface area contributed by atoms with Crippen LogP contribution in [0.3, 0.4) is 0 Å². The molecule has 0 aliphatic heterocycles. The van der Waals surface area contributed by atoms with Gasteiger partial charge in [-0.05, 0) is 36.8 Å². The molecule has 0 atom stereocenters. The van der Waals surface area contributed by atoms with Crippen LogP contribution < -0.4 is 10.9 Å². The Kier molecular flexibility index (Phi) is 4.30. The van der Waals surface area contributed by atoms with E-state index in [2.05, 4.69) is 15.0 Å². The average molecular weight is 337 g/mol. The number of hydrogen-bond donors (Lipinski definition) is 1. The van der Waals surface area contributed by atoms with Crippen molar-refractivity contribution in [2.45, 2.75) is 6.92 Å². The Hall–Kier alpha value is -3.48. The lowest BCUT2D eigenvalue weighted by Crippen LogP contribution is -2.27. The normalized spacial score (nSPS) is 10.5. The molecule has 3 rings (SSSR count). The molecular formula is C18H15N3O4. The number of esters is 1. The van der Waals surface area contributed by atoms with Crippen molar-refractivity contribution in [1.82, 2.24) is 9.38 Å². The second kappa shape index (κ2) is 6.56. The number of hydrogen-bond acceptors (Lipinski definition) is 5. The molecule has 0 spiro atoms. The zero-order chi connectivity index (χ0) is 18.0. The van der Waals surface area contributed by atoms with Crippen LogP contribution in [0.1, 0.15) is 26.3 Å². The first-order valence-electron chi connectivity index (χ1n) is 7.48. The van der Waals surface area contributed by atoms with E-state index in [4.69, 9.17) is 0 Å². The number of para-hydroxylation sites is 1. The van der Waals surface area contributed by atoms with Crippen molar-refractivity contribution in [3.05, 3.63) is 75.8 Å². The van der Waals surface area contributed by atoms with E-state index in [1.807, 2.05) is 6.92 Å². The van der Waals surface area contributed by atoms with Crippen LogP contribution in [0.5, 0.6) is 0 Å². The maximum absolute atomic E-state index is 12.5. The van der Waals surface area contributed by atoms with Gasteiger partial charge in [-0.25, -0.2) is 9.78 Å². The van der Waals surface area contributed by atoms with E-state index in [9.17, 15) is 14.4 Å². The largest absolute Gasteiger partial charge is 0.465 e. The Morgan fingerprint density at radius 3 is 2.68 bits per heavy atom. The van der Waals surface area contributed by atoms with Crippen LogP contribution >= 0.6 is 0 Å². The lowest BCUT2D eigenvalue weighted by molar-refractivity contribution is 0.0602. The van der Waals surface area contributed by atoms with Crippen molar-refractivity contribution in [3.63, 3.8) is 0 Å². The molecule has 0 aliphatic carbocycles. The molecule has 7 heteroatoms. The van der Waals surface area contributed by atoms with Crippen LogP contribution in [-0.2, 0) is 4.74 Å². The summed E-state index contributed by atoms with van der Waals surface area (Å²) in [6.07, 6.45) is 2.80. The topological polar surface area (TPSA) is 89.8 Å². The average Bonchev–Trinajstić information content (AvgIpc) is 2.61. The molecule has 2 heterocycles.